The maximum Gasteiger partial charge on any atom is 0.0610 e. The first-order valence-electron chi connectivity index (χ1n) is 7.51. The zero-order valence-electron chi connectivity index (χ0n) is 13.1. The molecule has 0 radical (unpaired) electrons. The van der Waals surface area contributed by atoms with E-state index in [1.54, 1.807) is 0 Å². The number of hydrogen-bond donors (Lipinski definition) is 2. The number of likely N-dealkylation sites (N-methyl/N-ethyl adjacent to an activating group) is 1. The predicted octanol–water partition coefficient (Wildman–Crippen LogP) is 2.50. The molecule has 0 heterocycles. The molecule has 2 atom stereocenters. The van der Waals surface area contributed by atoms with Gasteiger partial charge < -0.3 is 15.3 Å². The van der Waals surface area contributed by atoms with Gasteiger partial charge in [-0.15, -0.1) is 0 Å². The van der Waals surface area contributed by atoms with Crippen LogP contribution in [0.5, 0.6) is 0 Å². The average Bonchev–Trinajstić information content (AvgIpc) is 2.35. The van der Waals surface area contributed by atoms with Crippen LogP contribution in [0.3, 0.4) is 0 Å². The van der Waals surface area contributed by atoms with Crippen molar-refractivity contribution in [1.82, 2.24) is 10.2 Å². The Hall–Kier alpha value is -0.120. The van der Waals surface area contributed by atoms with Crippen molar-refractivity contribution < 1.29 is 5.11 Å². The van der Waals surface area contributed by atoms with E-state index in [0.717, 1.165) is 25.4 Å². The largest absolute Gasteiger partial charge is 0.394 e. The molecule has 2 unspecified atom stereocenters. The molecule has 3 nitrogen and oxygen atoms in total. The van der Waals surface area contributed by atoms with Crippen LogP contribution in [0.2, 0.25) is 0 Å². The molecule has 0 amide bonds. The average molecular weight is 258 g/mol. The lowest BCUT2D eigenvalue weighted by atomic mass is 9.95. The van der Waals surface area contributed by atoms with E-state index in [1.165, 1.54) is 25.8 Å². The number of aliphatic hydroxyl groups excluding tert-OH is 1. The number of hydrogen-bond acceptors (Lipinski definition) is 3. The molecule has 3 heteroatoms. The van der Waals surface area contributed by atoms with Gasteiger partial charge in [-0.25, -0.2) is 0 Å². The van der Waals surface area contributed by atoms with E-state index in [-0.39, 0.29) is 12.1 Å². The summed E-state index contributed by atoms with van der Waals surface area (Å²) in [6.07, 6.45) is 4.70. The Morgan fingerprint density at radius 1 is 1.28 bits per heavy atom. The normalized spacial score (nSPS) is 16.8. The smallest absolute Gasteiger partial charge is 0.0610 e. The summed E-state index contributed by atoms with van der Waals surface area (Å²) in [4.78, 5) is 2.43. The van der Waals surface area contributed by atoms with Crippen LogP contribution in [0.1, 0.15) is 53.4 Å². The first-order chi connectivity index (χ1) is 8.47. The standard InChI is InChI=1S/C15H34N2O/c1-6-14(3)12-17(5)11-9-8-10-15(4,13-18)16-7-2/h14,16,18H,6-13H2,1-5H3. The van der Waals surface area contributed by atoms with E-state index in [2.05, 4.69) is 45.0 Å². The summed E-state index contributed by atoms with van der Waals surface area (Å²) in [6.45, 7) is 12.3. The third-order valence-corrected chi connectivity index (χ3v) is 3.79. The van der Waals surface area contributed by atoms with Gasteiger partial charge in [-0.1, -0.05) is 33.6 Å². The van der Waals surface area contributed by atoms with Crippen LogP contribution in [0.15, 0.2) is 0 Å². The molecule has 0 spiro atoms. The third-order valence-electron chi connectivity index (χ3n) is 3.79. The highest BCUT2D eigenvalue weighted by Crippen LogP contribution is 2.13. The maximum atomic E-state index is 9.40. The molecule has 0 fully saturated rings. The van der Waals surface area contributed by atoms with Crippen molar-refractivity contribution in [1.29, 1.82) is 0 Å². The van der Waals surface area contributed by atoms with Crippen LogP contribution in [0, 0.1) is 5.92 Å². The molecule has 110 valence electrons. The summed E-state index contributed by atoms with van der Waals surface area (Å²) in [5, 5.41) is 12.8. The molecule has 0 aliphatic heterocycles. The fourth-order valence-corrected chi connectivity index (χ4v) is 2.30. The second kappa shape index (κ2) is 9.76. The molecule has 0 rings (SSSR count). The Morgan fingerprint density at radius 2 is 1.94 bits per heavy atom. The number of aliphatic hydroxyl groups is 1. The van der Waals surface area contributed by atoms with E-state index >= 15 is 0 Å². The van der Waals surface area contributed by atoms with Gasteiger partial charge in [0, 0.05) is 12.1 Å². The lowest BCUT2D eigenvalue weighted by Crippen LogP contribution is -2.45. The minimum absolute atomic E-state index is 0.0932. The van der Waals surface area contributed by atoms with Crippen LogP contribution in [-0.4, -0.2) is 48.8 Å². The minimum Gasteiger partial charge on any atom is -0.394 e. The van der Waals surface area contributed by atoms with E-state index in [0.29, 0.717) is 0 Å². The molecule has 0 saturated carbocycles. The van der Waals surface area contributed by atoms with Crippen LogP contribution >= 0.6 is 0 Å². The zero-order chi connectivity index (χ0) is 14.0. The number of unbranched alkanes of at least 4 members (excludes halogenated alkanes) is 1. The monoisotopic (exact) mass is 258 g/mol. The fourth-order valence-electron chi connectivity index (χ4n) is 2.30. The quantitative estimate of drug-likeness (QED) is 0.559. The van der Waals surface area contributed by atoms with Gasteiger partial charge in [-0.05, 0) is 45.8 Å². The van der Waals surface area contributed by atoms with Gasteiger partial charge in [0.2, 0.25) is 0 Å². The van der Waals surface area contributed by atoms with Crippen LogP contribution in [0.25, 0.3) is 0 Å². The molecule has 0 aliphatic rings. The Labute approximate surface area is 114 Å². The molecule has 2 N–H and O–H groups in total. The predicted molar refractivity (Wildman–Crippen MR) is 80.0 cm³/mol. The molecule has 0 aromatic heterocycles. The fraction of sp³-hybridized carbons (Fsp3) is 1.00. The highest BCUT2D eigenvalue weighted by Gasteiger charge is 2.20. The minimum atomic E-state index is -0.0932. The SMILES string of the molecule is CCNC(C)(CO)CCCCN(C)CC(C)CC. The van der Waals surface area contributed by atoms with Gasteiger partial charge in [-0.2, -0.15) is 0 Å². The number of nitrogens with one attached hydrogen (secondary N) is 1. The van der Waals surface area contributed by atoms with Gasteiger partial charge in [0.15, 0.2) is 0 Å². The lowest BCUT2D eigenvalue weighted by molar-refractivity contribution is 0.163. The molecular formula is C15H34N2O. The van der Waals surface area contributed by atoms with Crippen molar-refractivity contribution in [3.8, 4) is 0 Å². The van der Waals surface area contributed by atoms with Crippen molar-refractivity contribution >= 4 is 0 Å². The first-order valence-corrected chi connectivity index (χ1v) is 7.51. The molecule has 0 saturated heterocycles. The highest BCUT2D eigenvalue weighted by atomic mass is 16.3. The lowest BCUT2D eigenvalue weighted by Gasteiger charge is -2.29. The van der Waals surface area contributed by atoms with Crippen molar-refractivity contribution in [2.75, 3.05) is 33.3 Å². The Balaban J connectivity index is 3.71. The van der Waals surface area contributed by atoms with Crippen LogP contribution in [0.4, 0.5) is 0 Å². The molecule has 0 aliphatic carbocycles. The van der Waals surface area contributed by atoms with Crippen molar-refractivity contribution in [3.05, 3.63) is 0 Å². The third kappa shape index (κ3) is 8.06. The highest BCUT2D eigenvalue weighted by molar-refractivity contribution is 4.81. The van der Waals surface area contributed by atoms with Crippen LogP contribution < -0.4 is 5.32 Å². The second-order valence-electron chi connectivity index (χ2n) is 5.98. The summed E-state index contributed by atoms with van der Waals surface area (Å²) in [7, 11) is 2.21. The topological polar surface area (TPSA) is 35.5 Å². The van der Waals surface area contributed by atoms with E-state index in [9.17, 15) is 5.11 Å². The van der Waals surface area contributed by atoms with Gasteiger partial charge in [0.1, 0.15) is 0 Å². The van der Waals surface area contributed by atoms with E-state index in [4.69, 9.17) is 0 Å². The molecule has 0 aromatic rings. The number of nitrogens with zero attached hydrogens (tertiary/aromatic N) is 1. The summed E-state index contributed by atoms with van der Waals surface area (Å²) >= 11 is 0. The molecule has 0 bridgehead atoms. The Bertz CT molecular complexity index is 199. The van der Waals surface area contributed by atoms with Gasteiger partial charge in [0.05, 0.1) is 6.61 Å². The van der Waals surface area contributed by atoms with Crippen molar-refractivity contribution in [2.24, 2.45) is 5.92 Å². The Morgan fingerprint density at radius 3 is 2.44 bits per heavy atom. The summed E-state index contributed by atoms with van der Waals surface area (Å²) in [5.74, 6) is 0.791. The van der Waals surface area contributed by atoms with Gasteiger partial charge in [0.25, 0.3) is 0 Å². The summed E-state index contributed by atoms with van der Waals surface area (Å²) in [6, 6.07) is 0. The maximum absolute atomic E-state index is 9.40. The van der Waals surface area contributed by atoms with Gasteiger partial charge >= 0.3 is 0 Å². The van der Waals surface area contributed by atoms with Gasteiger partial charge in [-0.3, -0.25) is 0 Å². The van der Waals surface area contributed by atoms with E-state index in [1.807, 2.05) is 0 Å². The molecule has 18 heavy (non-hydrogen) atoms. The molecule has 0 aromatic carbocycles. The summed E-state index contributed by atoms with van der Waals surface area (Å²) < 4.78 is 0. The van der Waals surface area contributed by atoms with Crippen LogP contribution in [-0.2, 0) is 0 Å². The second-order valence-corrected chi connectivity index (χ2v) is 5.98. The van der Waals surface area contributed by atoms with Crippen molar-refractivity contribution in [3.63, 3.8) is 0 Å². The summed E-state index contributed by atoms with van der Waals surface area (Å²) in [5.41, 5.74) is -0.0932. The van der Waals surface area contributed by atoms with Crippen molar-refractivity contribution in [2.45, 2.75) is 58.9 Å². The Kier molecular flexibility index (Phi) is 9.70. The number of rotatable bonds is 11. The molecular weight excluding hydrogens is 224 g/mol. The zero-order valence-corrected chi connectivity index (χ0v) is 13.1. The first kappa shape index (κ1) is 17.9. The van der Waals surface area contributed by atoms with E-state index < -0.39 is 0 Å².